The first-order valence-electron chi connectivity index (χ1n) is 4.43. The standard InChI is InChI=1S/C11H10Cl3N/c1-15-5-3-2-4-8-6-10(13)11(14)7-9(8)12/h6-7,15H,3,5H2,1H3. The monoisotopic (exact) mass is 261 g/mol. The molecule has 1 nitrogen and oxygen atoms in total. The Morgan fingerprint density at radius 3 is 2.47 bits per heavy atom. The molecule has 80 valence electrons. The molecule has 0 spiro atoms. The van der Waals surface area contributed by atoms with Gasteiger partial charge in [-0.05, 0) is 19.2 Å². The van der Waals surface area contributed by atoms with Gasteiger partial charge in [0.1, 0.15) is 0 Å². The molecule has 0 aliphatic carbocycles. The molecule has 0 atom stereocenters. The van der Waals surface area contributed by atoms with Crippen molar-refractivity contribution >= 4 is 34.8 Å². The van der Waals surface area contributed by atoms with Crippen LogP contribution in [0.2, 0.25) is 15.1 Å². The van der Waals surface area contributed by atoms with Crippen LogP contribution >= 0.6 is 34.8 Å². The first kappa shape index (κ1) is 12.7. The van der Waals surface area contributed by atoms with E-state index in [4.69, 9.17) is 34.8 Å². The van der Waals surface area contributed by atoms with Crippen molar-refractivity contribution in [2.45, 2.75) is 6.42 Å². The summed E-state index contributed by atoms with van der Waals surface area (Å²) in [5.41, 5.74) is 0.710. The smallest absolute Gasteiger partial charge is 0.0608 e. The van der Waals surface area contributed by atoms with Gasteiger partial charge >= 0.3 is 0 Å². The summed E-state index contributed by atoms with van der Waals surface area (Å²) in [4.78, 5) is 0. The summed E-state index contributed by atoms with van der Waals surface area (Å²) < 4.78 is 0. The molecule has 1 aromatic rings. The Morgan fingerprint density at radius 1 is 1.13 bits per heavy atom. The van der Waals surface area contributed by atoms with Crippen molar-refractivity contribution in [2.75, 3.05) is 13.6 Å². The number of benzene rings is 1. The van der Waals surface area contributed by atoms with Crippen molar-refractivity contribution in [1.82, 2.24) is 5.32 Å². The molecule has 0 aliphatic heterocycles. The van der Waals surface area contributed by atoms with Gasteiger partial charge in [0.15, 0.2) is 0 Å². The predicted octanol–water partition coefficient (Wildman–Crippen LogP) is 3.61. The van der Waals surface area contributed by atoms with E-state index in [1.54, 1.807) is 12.1 Å². The van der Waals surface area contributed by atoms with Gasteiger partial charge in [0.2, 0.25) is 0 Å². The Bertz CT molecular complexity index is 404. The lowest BCUT2D eigenvalue weighted by molar-refractivity contribution is 0.818. The summed E-state index contributed by atoms with van der Waals surface area (Å²) in [6.07, 6.45) is 0.771. The number of halogens is 3. The normalized spacial score (nSPS) is 9.60. The molecule has 1 N–H and O–H groups in total. The zero-order chi connectivity index (χ0) is 11.3. The second-order valence-electron chi connectivity index (χ2n) is 2.90. The predicted molar refractivity (Wildman–Crippen MR) is 66.9 cm³/mol. The van der Waals surface area contributed by atoms with Crippen LogP contribution in [0.25, 0.3) is 0 Å². The van der Waals surface area contributed by atoms with Crippen LogP contribution in [-0.2, 0) is 0 Å². The van der Waals surface area contributed by atoms with Crippen molar-refractivity contribution in [3.05, 3.63) is 32.8 Å². The second-order valence-corrected chi connectivity index (χ2v) is 4.12. The lowest BCUT2D eigenvalue weighted by Crippen LogP contribution is -2.05. The fourth-order valence-corrected chi connectivity index (χ4v) is 1.56. The molecule has 0 aromatic heterocycles. The minimum atomic E-state index is 0.447. The average molecular weight is 263 g/mol. The van der Waals surface area contributed by atoms with Crippen LogP contribution in [0.5, 0.6) is 0 Å². The molecule has 0 amide bonds. The largest absolute Gasteiger partial charge is 0.319 e. The van der Waals surface area contributed by atoms with Crippen LogP contribution in [0.3, 0.4) is 0 Å². The van der Waals surface area contributed by atoms with E-state index in [9.17, 15) is 0 Å². The maximum absolute atomic E-state index is 5.95. The molecule has 1 rings (SSSR count). The molecule has 0 aliphatic rings. The third kappa shape index (κ3) is 3.93. The highest BCUT2D eigenvalue weighted by Crippen LogP contribution is 2.28. The molecular weight excluding hydrogens is 252 g/mol. The van der Waals surface area contributed by atoms with Crippen molar-refractivity contribution in [1.29, 1.82) is 0 Å². The molecule has 0 saturated heterocycles. The van der Waals surface area contributed by atoms with Crippen LogP contribution in [0, 0.1) is 11.8 Å². The van der Waals surface area contributed by atoms with Gasteiger partial charge in [-0.2, -0.15) is 0 Å². The summed E-state index contributed by atoms with van der Waals surface area (Å²) in [5.74, 6) is 5.94. The minimum absolute atomic E-state index is 0.447. The summed E-state index contributed by atoms with van der Waals surface area (Å²) in [6, 6.07) is 3.28. The molecule has 15 heavy (non-hydrogen) atoms. The van der Waals surface area contributed by atoms with Crippen LogP contribution in [0.4, 0.5) is 0 Å². The molecule has 0 unspecified atom stereocenters. The Morgan fingerprint density at radius 2 is 1.80 bits per heavy atom. The Kier molecular flexibility index (Phi) is 5.28. The van der Waals surface area contributed by atoms with Gasteiger partial charge in [-0.3, -0.25) is 0 Å². The highest BCUT2D eigenvalue weighted by atomic mass is 35.5. The summed E-state index contributed by atoms with van der Waals surface area (Å²) in [5, 5.41) is 4.45. The van der Waals surface area contributed by atoms with E-state index in [1.807, 2.05) is 7.05 Å². The number of nitrogens with one attached hydrogen (secondary N) is 1. The summed E-state index contributed by atoms with van der Waals surface area (Å²) in [7, 11) is 1.88. The molecular formula is C11H10Cl3N. The van der Waals surface area contributed by atoms with Crippen molar-refractivity contribution in [3.8, 4) is 11.8 Å². The van der Waals surface area contributed by atoms with E-state index in [0.717, 1.165) is 13.0 Å². The molecule has 0 saturated carbocycles. The summed E-state index contributed by atoms with van der Waals surface area (Å²) >= 11 is 17.6. The Balaban J connectivity index is 2.84. The maximum atomic E-state index is 5.95. The zero-order valence-corrected chi connectivity index (χ0v) is 10.5. The fraction of sp³-hybridized carbons (Fsp3) is 0.273. The second kappa shape index (κ2) is 6.25. The van der Waals surface area contributed by atoms with Gasteiger partial charge in [-0.15, -0.1) is 0 Å². The van der Waals surface area contributed by atoms with Crippen molar-refractivity contribution < 1.29 is 0 Å². The van der Waals surface area contributed by atoms with Crippen LogP contribution < -0.4 is 5.32 Å². The first-order chi connectivity index (χ1) is 7.15. The van der Waals surface area contributed by atoms with Crippen LogP contribution in [0.1, 0.15) is 12.0 Å². The van der Waals surface area contributed by atoms with E-state index in [0.29, 0.717) is 20.6 Å². The van der Waals surface area contributed by atoms with Crippen LogP contribution in [0.15, 0.2) is 12.1 Å². The molecule has 0 radical (unpaired) electrons. The Labute approximate surface area is 105 Å². The van der Waals surface area contributed by atoms with E-state index >= 15 is 0 Å². The quantitative estimate of drug-likeness (QED) is 0.488. The molecule has 0 fully saturated rings. The van der Waals surface area contributed by atoms with E-state index in [-0.39, 0.29) is 0 Å². The zero-order valence-electron chi connectivity index (χ0n) is 8.20. The molecule has 4 heteroatoms. The van der Waals surface area contributed by atoms with Gasteiger partial charge in [-0.1, -0.05) is 46.6 Å². The van der Waals surface area contributed by atoms with Gasteiger partial charge in [-0.25, -0.2) is 0 Å². The van der Waals surface area contributed by atoms with E-state index in [2.05, 4.69) is 17.2 Å². The average Bonchev–Trinajstić information content (AvgIpc) is 2.20. The van der Waals surface area contributed by atoms with Crippen molar-refractivity contribution in [3.63, 3.8) is 0 Å². The van der Waals surface area contributed by atoms with Gasteiger partial charge < -0.3 is 5.32 Å². The third-order valence-electron chi connectivity index (χ3n) is 1.73. The van der Waals surface area contributed by atoms with Crippen LogP contribution in [-0.4, -0.2) is 13.6 Å². The number of hydrogen-bond donors (Lipinski definition) is 1. The number of hydrogen-bond acceptors (Lipinski definition) is 1. The number of rotatable bonds is 2. The topological polar surface area (TPSA) is 12.0 Å². The maximum Gasteiger partial charge on any atom is 0.0608 e. The highest BCUT2D eigenvalue weighted by molar-refractivity contribution is 6.43. The third-order valence-corrected chi connectivity index (χ3v) is 2.77. The lowest BCUT2D eigenvalue weighted by atomic mass is 10.2. The molecule has 0 bridgehead atoms. The minimum Gasteiger partial charge on any atom is -0.319 e. The SMILES string of the molecule is CNCCC#Cc1cc(Cl)c(Cl)cc1Cl. The van der Waals surface area contributed by atoms with Crippen molar-refractivity contribution in [2.24, 2.45) is 0 Å². The molecule has 1 aromatic carbocycles. The summed E-state index contributed by atoms with van der Waals surface area (Å²) in [6.45, 7) is 0.853. The van der Waals surface area contributed by atoms with Gasteiger partial charge in [0.05, 0.1) is 15.1 Å². The van der Waals surface area contributed by atoms with Gasteiger partial charge in [0, 0.05) is 18.5 Å². The Hall–Kier alpha value is -0.390. The first-order valence-corrected chi connectivity index (χ1v) is 5.56. The highest BCUT2D eigenvalue weighted by Gasteiger charge is 2.03. The van der Waals surface area contributed by atoms with E-state index in [1.165, 1.54) is 0 Å². The van der Waals surface area contributed by atoms with E-state index < -0.39 is 0 Å². The lowest BCUT2D eigenvalue weighted by Gasteiger charge is -1.99. The molecule has 0 heterocycles. The van der Waals surface area contributed by atoms with Gasteiger partial charge in [0.25, 0.3) is 0 Å². The fourth-order valence-electron chi connectivity index (χ4n) is 0.964.